The van der Waals surface area contributed by atoms with Gasteiger partial charge in [0.15, 0.2) is 0 Å². The van der Waals surface area contributed by atoms with Crippen LogP contribution < -0.4 is 9.88 Å². The molecule has 0 bridgehead atoms. The average Bonchev–Trinajstić information content (AvgIpc) is 2.47. The molecule has 1 aliphatic rings. The van der Waals surface area contributed by atoms with Crippen molar-refractivity contribution in [1.29, 1.82) is 0 Å². The fraction of sp³-hybridized carbons (Fsp3) is 0.462. The van der Waals surface area contributed by atoms with Crippen molar-refractivity contribution in [3.63, 3.8) is 0 Å². The van der Waals surface area contributed by atoms with Gasteiger partial charge in [-0.25, -0.2) is 13.6 Å². The summed E-state index contributed by atoms with van der Waals surface area (Å²) in [5, 5.41) is 5.11. The Bertz CT molecular complexity index is 623. The van der Waals surface area contributed by atoms with Gasteiger partial charge in [0.2, 0.25) is 15.9 Å². The summed E-state index contributed by atoms with van der Waals surface area (Å²) in [6.07, 6.45) is 0.0620. The molecule has 1 saturated heterocycles. The lowest BCUT2D eigenvalue weighted by Gasteiger charge is -2.27. The Morgan fingerprint density at radius 1 is 1.38 bits per heavy atom. The minimum absolute atomic E-state index is 0.0342. The number of nitrogens with zero attached hydrogens (tertiary/aromatic N) is 1. The van der Waals surface area contributed by atoms with E-state index in [-0.39, 0.29) is 17.2 Å². The zero-order chi connectivity index (χ0) is 15.5. The topological polar surface area (TPSA) is 98.9 Å². The second-order valence-corrected chi connectivity index (χ2v) is 6.25. The molecule has 2 N–H and O–H groups in total. The highest BCUT2D eigenvalue weighted by Gasteiger charge is 2.20. The third-order valence-corrected chi connectivity index (χ3v) is 4.20. The molecule has 0 atom stereocenters. The summed E-state index contributed by atoms with van der Waals surface area (Å²) in [4.78, 5) is 13.9. The number of morpholine rings is 1. The maximum Gasteiger partial charge on any atom is 0.238 e. The molecule has 0 saturated carbocycles. The molecule has 8 heteroatoms. The largest absolute Gasteiger partial charge is 0.496 e. The second-order valence-electron chi connectivity index (χ2n) is 4.69. The van der Waals surface area contributed by atoms with E-state index >= 15 is 0 Å². The molecule has 1 fully saturated rings. The van der Waals surface area contributed by atoms with Crippen LogP contribution in [-0.2, 0) is 26.0 Å². The van der Waals surface area contributed by atoms with Crippen molar-refractivity contribution in [2.75, 3.05) is 33.4 Å². The number of primary sulfonamides is 1. The van der Waals surface area contributed by atoms with Crippen LogP contribution >= 0.6 is 0 Å². The van der Waals surface area contributed by atoms with Gasteiger partial charge < -0.3 is 14.4 Å². The predicted octanol–water partition coefficient (Wildman–Crippen LogP) is -0.256. The van der Waals surface area contributed by atoms with Gasteiger partial charge in [0.1, 0.15) is 5.75 Å². The van der Waals surface area contributed by atoms with Gasteiger partial charge >= 0.3 is 0 Å². The number of hydrogen-bond acceptors (Lipinski definition) is 5. The molecule has 21 heavy (non-hydrogen) atoms. The first-order valence-electron chi connectivity index (χ1n) is 6.47. The van der Waals surface area contributed by atoms with E-state index in [0.29, 0.717) is 37.6 Å². The van der Waals surface area contributed by atoms with Crippen molar-refractivity contribution >= 4 is 15.9 Å². The highest BCUT2D eigenvalue weighted by Crippen LogP contribution is 2.23. The molecule has 1 amide bonds. The highest BCUT2D eigenvalue weighted by molar-refractivity contribution is 7.89. The summed E-state index contributed by atoms with van der Waals surface area (Å²) in [6, 6.07) is 4.24. The lowest BCUT2D eigenvalue weighted by molar-refractivity contribution is -0.134. The van der Waals surface area contributed by atoms with Crippen LogP contribution in [0.4, 0.5) is 0 Å². The molecule has 1 aromatic carbocycles. The van der Waals surface area contributed by atoms with E-state index in [1.165, 1.54) is 25.3 Å². The van der Waals surface area contributed by atoms with Crippen molar-refractivity contribution in [3.05, 3.63) is 23.8 Å². The molecular formula is C13H18N2O5S. The summed E-state index contributed by atoms with van der Waals surface area (Å²) in [7, 11) is -2.34. The molecule has 1 heterocycles. The van der Waals surface area contributed by atoms with Gasteiger partial charge in [0, 0.05) is 18.7 Å². The summed E-state index contributed by atoms with van der Waals surface area (Å²) in [5.74, 6) is 0.368. The van der Waals surface area contributed by atoms with Gasteiger partial charge in [-0.05, 0) is 18.2 Å². The zero-order valence-electron chi connectivity index (χ0n) is 11.7. The Labute approximate surface area is 123 Å². The molecule has 0 aliphatic carbocycles. The molecule has 0 spiro atoms. The van der Waals surface area contributed by atoms with Crippen molar-refractivity contribution < 1.29 is 22.7 Å². The normalized spacial score (nSPS) is 15.8. The number of methoxy groups -OCH3 is 1. The number of carbonyl (C=O) groups is 1. The summed E-state index contributed by atoms with van der Waals surface area (Å²) in [5.41, 5.74) is 0.500. The lowest BCUT2D eigenvalue weighted by Crippen LogP contribution is -2.41. The van der Waals surface area contributed by atoms with Crippen molar-refractivity contribution in [2.24, 2.45) is 5.14 Å². The summed E-state index contributed by atoms with van der Waals surface area (Å²) in [6.45, 7) is 2.10. The van der Waals surface area contributed by atoms with Gasteiger partial charge in [-0.2, -0.15) is 0 Å². The smallest absolute Gasteiger partial charge is 0.238 e. The van der Waals surface area contributed by atoms with Crippen LogP contribution in [-0.4, -0.2) is 52.6 Å². The number of nitrogens with two attached hydrogens (primary N) is 1. The Kier molecular flexibility index (Phi) is 4.81. The van der Waals surface area contributed by atoms with Crippen LogP contribution in [0.5, 0.6) is 5.75 Å². The molecule has 1 aliphatic heterocycles. The number of rotatable bonds is 4. The molecule has 116 valence electrons. The van der Waals surface area contributed by atoms with E-state index < -0.39 is 10.0 Å². The third-order valence-electron chi connectivity index (χ3n) is 3.29. The van der Waals surface area contributed by atoms with E-state index in [1.807, 2.05) is 0 Å². The predicted molar refractivity (Wildman–Crippen MR) is 75.5 cm³/mol. The van der Waals surface area contributed by atoms with Gasteiger partial charge in [-0.15, -0.1) is 0 Å². The van der Waals surface area contributed by atoms with Gasteiger partial charge in [-0.3, -0.25) is 4.79 Å². The van der Waals surface area contributed by atoms with E-state index in [4.69, 9.17) is 14.6 Å². The van der Waals surface area contributed by atoms with Crippen LogP contribution in [0, 0.1) is 0 Å². The van der Waals surface area contributed by atoms with E-state index in [2.05, 4.69) is 0 Å². The van der Waals surface area contributed by atoms with Crippen molar-refractivity contribution in [3.8, 4) is 5.75 Å². The fourth-order valence-electron chi connectivity index (χ4n) is 2.16. The SMILES string of the molecule is COc1ccc(S(N)(=O)=O)cc1CC(=O)N1CCOCC1. The fourth-order valence-corrected chi connectivity index (χ4v) is 2.72. The minimum atomic E-state index is -3.81. The van der Waals surface area contributed by atoms with E-state index in [1.54, 1.807) is 4.90 Å². The standard InChI is InChI=1S/C13H18N2O5S/c1-19-12-3-2-11(21(14,17)18)8-10(12)9-13(16)15-4-6-20-7-5-15/h2-3,8H,4-7,9H2,1H3,(H2,14,17,18). The Balaban J connectivity index is 2.22. The van der Waals surface area contributed by atoms with Crippen molar-refractivity contribution in [2.45, 2.75) is 11.3 Å². The quantitative estimate of drug-likeness (QED) is 0.826. The molecule has 7 nitrogen and oxygen atoms in total. The maximum atomic E-state index is 12.2. The first-order chi connectivity index (χ1) is 9.91. The first kappa shape index (κ1) is 15.7. The van der Waals surface area contributed by atoms with Crippen LogP contribution in [0.15, 0.2) is 23.1 Å². The lowest BCUT2D eigenvalue weighted by atomic mass is 10.1. The van der Waals surface area contributed by atoms with Gasteiger partial charge in [0.05, 0.1) is 31.6 Å². The molecule has 0 radical (unpaired) electrons. The Morgan fingerprint density at radius 2 is 2.05 bits per heavy atom. The number of carbonyl (C=O) groups excluding carboxylic acids is 1. The maximum absolute atomic E-state index is 12.2. The summed E-state index contributed by atoms with van der Waals surface area (Å²) < 4.78 is 33.2. The highest BCUT2D eigenvalue weighted by atomic mass is 32.2. The number of ether oxygens (including phenoxy) is 2. The first-order valence-corrected chi connectivity index (χ1v) is 8.01. The van der Waals surface area contributed by atoms with Gasteiger partial charge in [-0.1, -0.05) is 0 Å². The van der Waals surface area contributed by atoms with E-state index in [9.17, 15) is 13.2 Å². The molecule has 1 aromatic rings. The average molecular weight is 314 g/mol. The third kappa shape index (κ3) is 3.93. The van der Waals surface area contributed by atoms with E-state index in [0.717, 1.165) is 0 Å². The van der Waals surface area contributed by atoms with Crippen LogP contribution in [0.3, 0.4) is 0 Å². The zero-order valence-corrected chi connectivity index (χ0v) is 12.6. The number of amides is 1. The number of hydrogen-bond donors (Lipinski definition) is 1. The van der Waals surface area contributed by atoms with Crippen LogP contribution in [0.2, 0.25) is 0 Å². The Morgan fingerprint density at radius 3 is 2.62 bits per heavy atom. The summed E-state index contributed by atoms with van der Waals surface area (Å²) >= 11 is 0. The second kappa shape index (κ2) is 6.42. The Hall–Kier alpha value is -1.64. The van der Waals surface area contributed by atoms with Crippen LogP contribution in [0.25, 0.3) is 0 Å². The molecule has 2 rings (SSSR count). The van der Waals surface area contributed by atoms with Crippen LogP contribution in [0.1, 0.15) is 5.56 Å². The molecule has 0 unspecified atom stereocenters. The van der Waals surface area contributed by atoms with Gasteiger partial charge in [0.25, 0.3) is 0 Å². The molecular weight excluding hydrogens is 296 g/mol. The molecule has 0 aromatic heterocycles. The minimum Gasteiger partial charge on any atom is -0.496 e. The van der Waals surface area contributed by atoms with Crippen molar-refractivity contribution in [1.82, 2.24) is 4.90 Å². The number of sulfonamides is 1. The number of benzene rings is 1. The monoisotopic (exact) mass is 314 g/mol.